The third kappa shape index (κ3) is 15.7. The standard InChI is InChI=1S/C48H62N6O5.C2HF3O2/c1-31-25-38(43(55)27-33-11-22-41(23-12-33)54(5)6)19-24-42(31)35-13-7-32(8-14-35)26-39(46(57)52-40-20-17-37(18-21-40)45-50-30-51-53-45)28-44(56)36-15-9-34(10-16-36)29-49-47(58)59-48(2,3)4;3-2(4,5)1(6)7/h7-8,13-14,17-21,24-25,33-34,36,39,41H,9-12,15-16,22-23,26-30H2,1-6H3,(H,49,58)(H,52,57);(H,6,7). The zero-order valence-corrected chi connectivity index (χ0v) is 38.7. The lowest BCUT2D eigenvalue weighted by Crippen LogP contribution is -2.37. The fourth-order valence-electron chi connectivity index (χ4n) is 8.73. The average Bonchev–Trinajstić information content (AvgIpc) is 3.81. The molecule has 3 aliphatic rings. The Labute approximate surface area is 385 Å². The van der Waals surface area contributed by atoms with Crippen LogP contribution in [0.3, 0.4) is 0 Å². The van der Waals surface area contributed by atoms with Gasteiger partial charge in [-0.3, -0.25) is 14.4 Å². The maximum atomic E-state index is 14.0. The normalized spacial score (nSPS) is 20.1. The highest BCUT2D eigenvalue weighted by Crippen LogP contribution is 2.33. The first-order valence-corrected chi connectivity index (χ1v) is 22.7. The number of amides is 2. The van der Waals surface area contributed by atoms with Crippen molar-refractivity contribution in [1.82, 2.24) is 10.2 Å². The number of alkyl halides is 3. The Morgan fingerprint density at radius 2 is 1.44 bits per heavy atom. The maximum Gasteiger partial charge on any atom is 0.490 e. The Hall–Kier alpha value is -5.77. The van der Waals surface area contributed by atoms with Gasteiger partial charge in [-0.05, 0) is 164 Å². The molecule has 6 rings (SSSR count). The van der Waals surface area contributed by atoms with E-state index in [-0.39, 0.29) is 35.7 Å². The van der Waals surface area contributed by atoms with Gasteiger partial charge in [0.15, 0.2) is 18.3 Å². The third-order valence-electron chi connectivity index (χ3n) is 12.5. The van der Waals surface area contributed by atoms with E-state index in [9.17, 15) is 32.3 Å². The summed E-state index contributed by atoms with van der Waals surface area (Å²) in [5.41, 5.74) is 5.78. The van der Waals surface area contributed by atoms with Crippen molar-refractivity contribution < 1.29 is 47.0 Å². The summed E-state index contributed by atoms with van der Waals surface area (Å²) in [7, 11) is 4.28. The van der Waals surface area contributed by atoms with Crippen molar-refractivity contribution in [1.29, 1.82) is 0 Å². The molecular weight excluding hydrogens is 854 g/mol. The molecule has 2 aliphatic carbocycles. The van der Waals surface area contributed by atoms with Crippen molar-refractivity contribution in [2.24, 2.45) is 38.9 Å². The molecule has 3 aromatic rings. The number of carboxylic acid groups (broad SMARTS) is 1. The number of nitrogens with zero attached hydrogens (tertiary/aromatic N) is 4. The fourth-order valence-corrected chi connectivity index (χ4v) is 8.73. The smallest absolute Gasteiger partial charge is 0.475 e. The van der Waals surface area contributed by atoms with Gasteiger partial charge < -0.3 is 25.4 Å². The molecule has 16 heteroatoms. The Morgan fingerprint density at radius 3 is 1.98 bits per heavy atom. The number of Topliss-reactive ketones (excluding diaryl/α,β-unsaturated/α-hetero) is 2. The Kier molecular flexibility index (Phi) is 17.9. The molecule has 3 N–H and O–H groups in total. The van der Waals surface area contributed by atoms with E-state index >= 15 is 0 Å². The number of carbonyl (C=O) groups excluding carboxylic acids is 4. The van der Waals surface area contributed by atoms with Gasteiger partial charge in [0, 0.05) is 54.1 Å². The Balaban J connectivity index is 0.00000108. The molecular formula is C50H63F3N6O7. The number of azo groups is 1. The molecule has 1 aliphatic heterocycles. The number of ether oxygens (including phenoxy) is 1. The van der Waals surface area contributed by atoms with Crippen LogP contribution in [0.25, 0.3) is 11.1 Å². The molecule has 66 heavy (non-hydrogen) atoms. The van der Waals surface area contributed by atoms with Crippen molar-refractivity contribution >= 4 is 41.1 Å². The van der Waals surface area contributed by atoms with Gasteiger partial charge in [0.2, 0.25) is 5.91 Å². The number of aliphatic imine (C=N–C) groups is 1. The number of alkyl carbamates (subject to hydrolysis) is 1. The van der Waals surface area contributed by atoms with Crippen molar-refractivity contribution in [2.75, 3.05) is 32.6 Å². The number of halogens is 3. The van der Waals surface area contributed by atoms with Crippen LogP contribution in [0.5, 0.6) is 0 Å². The molecule has 2 amide bonds. The molecule has 0 spiro atoms. The second-order valence-corrected chi connectivity index (χ2v) is 18.9. The lowest BCUT2D eigenvalue weighted by Gasteiger charge is -2.32. The van der Waals surface area contributed by atoms with Gasteiger partial charge >= 0.3 is 18.2 Å². The van der Waals surface area contributed by atoms with Crippen LogP contribution in [0.15, 0.2) is 82.0 Å². The maximum absolute atomic E-state index is 14.0. The van der Waals surface area contributed by atoms with Crippen LogP contribution in [0, 0.1) is 30.6 Å². The van der Waals surface area contributed by atoms with Gasteiger partial charge in [-0.25, -0.2) is 14.6 Å². The van der Waals surface area contributed by atoms with Crippen LogP contribution in [0.4, 0.5) is 23.7 Å². The van der Waals surface area contributed by atoms with Gasteiger partial charge in [-0.2, -0.15) is 18.3 Å². The molecule has 2 saturated carbocycles. The van der Waals surface area contributed by atoms with Crippen molar-refractivity contribution in [3.63, 3.8) is 0 Å². The summed E-state index contributed by atoms with van der Waals surface area (Å²) in [6.07, 6.45) is 3.26. The number of carbonyl (C=O) groups is 5. The number of rotatable bonds is 15. The molecule has 2 fully saturated rings. The first-order chi connectivity index (χ1) is 31.1. The predicted molar refractivity (Wildman–Crippen MR) is 247 cm³/mol. The summed E-state index contributed by atoms with van der Waals surface area (Å²) in [5, 5.41) is 21.0. The molecule has 0 bridgehead atoms. The molecule has 0 radical (unpaired) electrons. The summed E-state index contributed by atoms with van der Waals surface area (Å²) in [6.45, 7) is 8.41. The number of nitrogens with one attached hydrogen (secondary N) is 2. The average molecular weight is 917 g/mol. The number of aliphatic carboxylic acids is 1. The van der Waals surface area contributed by atoms with Gasteiger partial charge in [0.25, 0.3) is 0 Å². The topological polar surface area (TPSA) is 179 Å². The number of benzene rings is 3. The number of aryl methyl sites for hydroxylation is 1. The van der Waals surface area contributed by atoms with Gasteiger partial charge in [-0.1, -0.05) is 36.4 Å². The van der Waals surface area contributed by atoms with Crippen LogP contribution < -0.4 is 10.6 Å². The number of hydrogen-bond acceptors (Lipinski definition) is 10. The molecule has 0 aromatic heterocycles. The second kappa shape index (κ2) is 23.1. The first-order valence-electron chi connectivity index (χ1n) is 22.7. The van der Waals surface area contributed by atoms with Gasteiger partial charge in [-0.15, -0.1) is 5.11 Å². The van der Waals surface area contributed by atoms with E-state index in [0.717, 1.165) is 84.7 Å². The molecule has 0 saturated heterocycles. The highest BCUT2D eigenvalue weighted by molar-refractivity contribution is 6.01. The number of amidine groups is 1. The van der Waals surface area contributed by atoms with E-state index in [0.29, 0.717) is 49.5 Å². The predicted octanol–water partition coefficient (Wildman–Crippen LogP) is 10.2. The van der Waals surface area contributed by atoms with Crippen LogP contribution in [-0.4, -0.2) is 90.5 Å². The first kappa shape index (κ1) is 51.2. The molecule has 1 heterocycles. The monoisotopic (exact) mass is 916 g/mol. The molecule has 1 unspecified atom stereocenters. The van der Waals surface area contributed by atoms with E-state index in [1.54, 1.807) is 0 Å². The molecule has 13 nitrogen and oxygen atoms in total. The summed E-state index contributed by atoms with van der Waals surface area (Å²) in [5.74, 6) is -2.03. The summed E-state index contributed by atoms with van der Waals surface area (Å²) in [4.78, 5) is 68.8. The van der Waals surface area contributed by atoms with Crippen LogP contribution in [0.1, 0.15) is 112 Å². The molecule has 1 atom stereocenters. The largest absolute Gasteiger partial charge is 0.490 e. The lowest BCUT2D eigenvalue weighted by atomic mass is 9.77. The van der Waals surface area contributed by atoms with E-state index in [1.807, 2.05) is 75.4 Å². The van der Waals surface area contributed by atoms with E-state index in [2.05, 4.69) is 63.9 Å². The zero-order valence-electron chi connectivity index (χ0n) is 38.7. The summed E-state index contributed by atoms with van der Waals surface area (Å²) in [6, 6.07) is 22.2. The van der Waals surface area contributed by atoms with Crippen molar-refractivity contribution in [3.8, 4) is 11.1 Å². The van der Waals surface area contributed by atoms with Crippen LogP contribution in [-0.2, 0) is 25.5 Å². The van der Waals surface area contributed by atoms with Gasteiger partial charge in [0.1, 0.15) is 11.4 Å². The van der Waals surface area contributed by atoms with E-state index in [4.69, 9.17) is 14.6 Å². The van der Waals surface area contributed by atoms with Crippen LogP contribution in [0.2, 0.25) is 0 Å². The Bertz CT molecular complexity index is 2220. The summed E-state index contributed by atoms with van der Waals surface area (Å²) < 4.78 is 37.1. The second-order valence-electron chi connectivity index (χ2n) is 18.9. The number of anilines is 1. The SMILES string of the molecule is Cc1cc(C(=O)CC2CCC(N(C)C)CC2)ccc1-c1ccc(CC(CC(=O)C2CCC(CNC(=O)OC(C)(C)C)CC2)C(=O)Nc2ccc(C3=NCN=N3)cc2)cc1.O=C(O)C(F)(F)F. The van der Waals surface area contributed by atoms with E-state index < -0.39 is 29.8 Å². The third-order valence-corrected chi connectivity index (χ3v) is 12.5. The molecule has 3 aromatic carbocycles. The highest BCUT2D eigenvalue weighted by atomic mass is 19.4. The Morgan fingerprint density at radius 1 is 0.833 bits per heavy atom. The summed E-state index contributed by atoms with van der Waals surface area (Å²) >= 11 is 0. The minimum atomic E-state index is -5.08. The quantitative estimate of drug-likeness (QED) is 0.126. The van der Waals surface area contributed by atoms with Crippen molar-refractivity contribution in [3.05, 3.63) is 89.0 Å². The molecule has 356 valence electrons. The number of ketones is 2. The van der Waals surface area contributed by atoms with Gasteiger partial charge in [0.05, 0.1) is 0 Å². The minimum Gasteiger partial charge on any atom is -0.475 e. The number of carboxylic acids is 1. The van der Waals surface area contributed by atoms with Crippen LogP contribution >= 0.6 is 0 Å². The van der Waals surface area contributed by atoms with E-state index in [1.165, 1.54) is 0 Å². The number of hydrogen-bond donors (Lipinski definition) is 3. The minimum absolute atomic E-state index is 0.104. The highest BCUT2D eigenvalue weighted by Gasteiger charge is 2.38. The zero-order chi connectivity index (χ0) is 48.2. The fraction of sp³-hybridized carbons (Fsp3) is 0.520. The lowest BCUT2D eigenvalue weighted by molar-refractivity contribution is -0.192. The van der Waals surface area contributed by atoms with Crippen molar-refractivity contribution in [2.45, 2.75) is 116 Å².